The van der Waals surface area contributed by atoms with Gasteiger partial charge in [0.2, 0.25) is 0 Å². The molecule has 0 fully saturated rings. The molecular weight excluding hydrogens is 282 g/mol. The van der Waals surface area contributed by atoms with Crippen LogP contribution in [0.25, 0.3) is 10.2 Å². The van der Waals surface area contributed by atoms with Crippen LogP contribution >= 0.6 is 22.9 Å². The first-order valence-electron chi connectivity index (χ1n) is 5.50. The maximum atomic E-state index is 12.0. The van der Waals surface area contributed by atoms with Gasteiger partial charge in [-0.25, -0.2) is 4.98 Å². The fraction of sp³-hybridized carbons (Fsp3) is 0. The second-order valence-corrected chi connectivity index (χ2v) is 5.23. The van der Waals surface area contributed by atoms with Crippen LogP contribution in [0.4, 0.5) is 5.13 Å². The zero-order valence-electron chi connectivity index (χ0n) is 9.63. The molecule has 0 unspecified atom stereocenters. The summed E-state index contributed by atoms with van der Waals surface area (Å²) >= 11 is 7.37. The molecule has 1 amide bonds. The number of hydrogen-bond acceptors (Lipinski definition) is 4. The van der Waals surface area contributed by atoms with Gasteiger partial charge in [0.25, 0.3) is 5.91 Å². The summed E-state index contributed by atoms with van der Waals surface area (Å²) in [6, 6.07) is 9.28. The molecule has 2 heterocycles. The molecule has 3 rings (SSSR count). The topological polar surface area (TPSA) is 54.9 Å². The molecule has 94 valence electrons. The van der Waals surface area contributed by atoms with E-state index in [4.69, 9.17) is 11.6 Å². The van der Waals surface area contributed by atoms with E-state index in [2.05, 4.69) is 15.3 Å². The van der Waals surface area contributed by atoms with Crippen molar-refractivity contribution in [2.45, 2.75) is 0 Å². The molecule has 0 saturated heterocycles. The molecule has 19 heavy (non-hydrogen) atoms. The van der Waals surface area contributed by atoms with Crippen molar-refractivity contribution < 1.29 is 4.79 Å². The molecular formula is C13H8ClN3OS. The second-order valence-electron chi connectivity index (χ2n) is 3.80. The predicted molar refractivity (Wildman–Crippen MR) is 76.8 cm³/mol. The predicted octanol–water partition coefficient (Wildman–Crippen LogP) is 3.60. The number of anilines is 1. The average Bonchev–Trinajstić information content (AvgIpc) is 2.81. The monoisotopic (exact) mass is 289 g/mol. The lowest BCUT2D eigenvalue weighted by Crippen LogP contribution is -2.12. The third-order valence-electron chi connectivity index (χ3n) is 2.53. The van der Waals surface area contributed by atoms with Gasteiger partial charge < -0.3 is 0 Å². The van der Waals surface area contributed by atoms with Crippen molar-refractivity contribution in [3.05, 3.63) is 53.3 Å². The molecule has 0 atom stereocenters. The summed E-state index contributed by atoms with van der Waals surface area (Å²) in [5.74, 6) is -0.308. The third kappa shape index (κ3) is 2.43. The maximum Gasteiger partial charge on any atom is 0.260 e. The van der Waals surface area contributed by atoms with E-state index in [0.717, 1.165) is 10.2 Å². The Kier molecular flexibility index (Phi) is 3.15. The number of amides is 1. The Hall–Kier alpha value is -1.98. The van der Waals surface area contributed by atoms with Gasteiger partial charge in [-0.15, -0.1) is 0 Å². The van der Waals surface area contributed by atoms with Crippen LogP contribution in [-0.4, -0.2) is 15.9 Å². The van der Waals surface area contributed by atoms with E-state index in [1.54, 1.807) is 6.07 Å². The summed E-state index contributed by atoms with van der Waals surface area (Å²) in [4.78, 5) is 20.3. The average molecular weight is 290 g/mol. The number of rotatable bonds is 2. The van der Waals surface area contributed by atoms with E-state index < -0.39 is 0 Å². The molecule has 0 aliphatic rings. The van der Waals surface area contributed by atoms with Crippen LogP contribution in [0.5, 0.6) is 0 Å². The number of halogens is 1. The van der Waals surface area contributed by atoms with Gasteiger partial charge in [-0.2, -0.15) is 0 Å². The first-order chi connectivity index (χ1) is 9.24. The number of pyridine rings is 1. The van der Waals surface area contributed by atoms with Crippen molar-refractivity contribution in [2.75, 3.05) is 5.32 Å². The van der Waals surface area contributed by atoms with Gasteiger partial charge >= 0.3 is 0 Å². The Labute approximate surface area is 118 Å². The highest BCUT2D eigenvalue weighted by Crippen LogP contribution is 2.26. The quantitative estimate of drug-likeness (QED) is 0.784. The van der Waals surface area contributed by atoms with Gasteiger partial charge in [0.1, 0.15) is 0 Å². The van der Waals surface area contributed by atoms with Crippen LogP contribution in [-0.2, 0) is 0 Å². The van der Waals surface area contributed by atoms with Crippen molar-refractivity contribution in [2.24, 2.45) is 0 Å². The van der Waals surface area contributed by atoms with E-state index in [0.29, 0.717) is 15.7 Å². The lowest BCUT2D eigenvalue weighted by atomic mass is 10.3. The zero-order chi connectivity index (χ0) is 13.2. The van der Waals surface area contributed by atoms with Crippen molar-refractivity contribution in [3.63, 3.8) is 0 Å². The molecule has 3 aromatic rings. The SMILES string of the molecule is O=C(Nc1nc2ccccc2s1)c1cnccc1Cl. The first kappa shape index (κ1) is 12.1. The summed E-state index contributed by atoms with van der Waals surface area (Å²) < 4.78 is 1.02. The van der Waals surface area contributed by atoms with E-state index in [-0.39, 0.29) is 5.91 Å². The molecule has 0 aliphatic carbocycles. The second kappa shape index (κ2) is 4.95. The summed E-state index contributed by atoms with van der Waals surface area (Å²) in [6.07, 6.45) is 2.97. The van der Waals surface area contributed by atoms with Gasteiger partial charge in [0, 0.05) is 12.4 Å². The van der Waals surface area contributed by atoms with Crippen molar-refractivity contribution >= 4 is 44.2 Å². The van der Waals surface area contributed by atoms with Gasteiger partial charge in [-0.05, 0) is 18.2 Å². The summed E-state index contributed by atoms with van der Waals surface area (Å²) in [6.45, 7) is 0. The van der Waals surface area contributed by atoms with Gasteiger partial charge in [0.05, 0.1) is 20.8 Å². The lowest BCUT2D eigenvalue weighted by molar-refractivity contribution is 0.102. The van der Waals surface area contributed by atoms with E-state index >= 15 is 0 Å². The van der Waals surface area contributed by atoms with Crippen LogP contribution < -0.4 is 5.32 Å². The van der Waals surface area contributed by atoms with Gasteiger partial charge in [-0.1, -0.05) is 35.1 Å². The minimum absolute atomic E-state index is 0.308. The van der Waals surface area contributed by atoms with E-state index in [1.807, 2.05) is 24.3 Å². The van der Waals surface area contributed by atoms with Crippen molar-refractivity contribution in [1.82, 2.24) is 9.97 Å². The minimum atomic E-state index is -0.308. The first-order valence-corrected chi connectivity index (χ1v) is 6.70. The summed E-state index contributed by atoms with van der Waals surface area (Å²) in [5, 5.41) is 3.65. The number of hydrogen-bond donors (Lipinski definition) is 1. The van der Waals surface area contributed by atoms with Crippen LogP contribution in [0, 0.1) is 0 Å². The Bertz CT molecular complexity index is 723. The highest BCUT2D eigenvalue weighted by molar-refractivity contribution is 7.22. The van der Waals surface area contributed by atoms with E-state index in [1.165, 1.54) is 23.7 Å². The molecule has 0 bridgehead atoms. The van der Waals surface area contributed by atoms with Gasteiger partial charge in [0.15, 0.2) is 5.13 Å². The highest BCUT2D eigenvalue weighted by Gasteiger charge is 2.12. The standard InChI is InChI=1S/C13H8ClN3OS/c14-9-5-6-15-7-8(9)12(18)17-13-16-10-3-1-2-4-11(10)19-13/h1-7H,(H,16,17,18). The zero-order valence-corrected chi connectivity index (χ0v) is 11.2. The number of carbonyl (C=O) groups excluding carboxylic acids is 1. The minimum Gasteiger partial charge on any atom is -0.298 e. The molecule has 6 heteroatoms. The molecule has 4 nitrogen and oxygen atoms in total. The number of nitrogens with one attached hydrogen (secondary N) is 1. The number of aromatic nitrogens is 2. The number of benzene rings is 1. The Morgan fingerprint density at radius 3 is 2.89 bits per heavy atom. The molecule has 0 saturated carbocycles. The molecule has 2 aromatic heterocycles. The fourth-order valence-electron chi connectivity index (χ4n) is 1.63. The Balaban J connectivity index is 1.89. The smallest absolute Gasteiger partial charge is 0.260 e. The number of fused-ring (bicyclic) bond motifs is 1. The number of carbonyl (C=O) groups is 1. The van der Waals surface area contributed by atoms with Crippen LogP contribution in [0.15, 0.2) is 42.7 Å². The summed E-state index contributed by atoms with van der Waals surface area (Å²) in [7, 11) is 0. The van der Waals surface area contributed by atoms with Crippen molar-refractivity contribution in [3.8, 4) is 0 Å². The molecule has 0 aliphatic heterocycles. The van der Waals surface area contributed by atoms with Gasteiger partial charge in [-0.3, -0.25) is 15.1 Å². The van der Waals surface area contributed by atoms with Crippen LogP contribution in [0.2, 0.25) is 5.02 Å². The number of thiazole rings is 1. The third-order valence-corrected chi connectivity index (χ3v) is 3.81. The Morgan fingerprint density at radius 2 is 2.11 bits per heavy atom. The largest absolute Gasteiger partial charge is 0.298 e. The highest BCUT2D eigenvalue weighted by atomic mass is 35.5. The molecule has 1 aromatic carbocycles. The van der Waals surface area contributed by atoms with Crippen LogP contribution in [0.1, 0.15) is 10.4 Å². The van der Waals surface area contributed by atoms with Crippen LogP contribution in [0.3, 0.4) is 0 Å². The molecule has 0 radical (unpaired) electrons. The number of para-hydroxylation sites is 1. The summed E-state index contributed by atoms with van der Waals surface area (Å²) in [5.41, 5.74) is 1.20. The fourth-order valence-corrected chi connectivity index (χ4v) is 2.69. The number of nitrogens with zero attached hydrogens (tertiary/aromatic N) is 2. The van der Waals surface area contributed by atoms with E-state index in [9.17, 15) is 4.79 Å². The Morgan fingerprint density at radius 1 is 1.26 bits per heavy atom. The normalized spacial score (nSPS) is 10.6. The van der Waals surface area contributed by atoms with Crippen molar-refractivity contribution in [1.29, 1.82) is 0 Å². The molecule has 1 N–H and O–H groups in total. The molecule has 0 spiro atoms. The lowest BCUT2D eigenvalue weighted by Gasteiger charge is -2.02. The maximum absolute atomic E-state index is 12.0.